The number of benzene rings is 1. The number of nitrogens with zero attached hydrogens (tertiary/aromatic N) is 2. The van der Waals surface area contributed by atoms with Gasteiger partial charge in [0.05, 0.1) is 13.1 Å². The van der Waals surface area contributed by atoms with Gasteiger partial charge in [0.15, 0.2) is 0 Å². The van der Waals surface area contributed by atoms with Crippen LogP contribution in [-0.4, -0.2) is 53.5 Å². The number of pyridine rings is 1. The van der Waals surface area contributed by atoms with Crippen LogP contribution in [0.2, 0.25) is 0 Å². The molecule has 2 amide bonds. The van der Waals surface area contributed by atoms with E-state index in [1.165, 1.54) is 0 Å². The number of hydrogen-bond donors (Lipinski definition) is 1. The topological polar surface area (TPSA) is 71.5 Å². The Morgan fingerprint density at radius 1 is 1.21 bits per heavy atom. The van der Waals surface area contributed by atoms with E-state index in [0.717, 1.165) is 30.6 Å². The van der Waals surface area contributed by atoms with E-state index in [4.69, 9.17) is 4.74 Å². The van der Waals surface area contributed by atoms with Gasteiger partial charge in [-0.05, 0) is 49.9 Å². The molecule has 1 N–H and O–H groups in total. The van der Waals surface area contributed by atoms with Gasteiger partial charge in [-0.1, -0.05) is 17.7 Å². The maximum Gasteiger partial charge on any atom is 0.254 e. The van der Waals surface area contributed by atoms with Gasteiger partial charge in [0.25, 0.3) is 11.8 Å². The largest absolute Gasteiger partial charge is 0.371 e. The van der Waals surface area contributed by atoms with Crippen molar-refractivity contribution in [3.63, 3.8) is 0 Å². The second-order valence-electron chi connectivity index (χ2n) is 7.71. The quantitative estimate of drug-likeness (QED) is 0.866. The van der Waals surface area contributed by atoms with Crippen LogP contribution in [0.4, 0.5) is 0 Å². The SMILES string of the molecule is Cc1cccc(C(=O)N2CC3(C2)OCCC3CCNC(=O)c2ccncc2)c1. The lowest BCUT2D eigenvalue weighted by Crippen LogP contribution is -2.66. The second kappa shape index (κ2) is 7.72. The van der Waals surface area contributed by atoms with Crippen molar-refractivity contribution in [2.75, 3.05) is 26.2 Å². The van der Waals surface area contributed by atoms with Crippen LogP contribution in [0, 0.1) is 12.8 Å². The summed E-state index contributed by atoms with van der Waals surface area (Å²) in [7, 11) is 0. The normalized spacial score (nSPS) is 20.0. The predicted molar refractivity (Wildman–Crippen MR) is 105 cm³/mol. The van der Waals surface area contributed by atoms with Crippen LogP contribution in [0.1, 0.15) is 39.1 Å². The molecule has 1 aromatic carbocycles. The minimum Gasteiger partial charge on any atom is -0.371 e. The summed E-state index contributed by atoms with van der Waals surface area (Å²) in [4.78, 5) is 30.7. The molecule has 1 aromatic heterocycles. The van der Waals surface area contributed by atoms with Gasteiger partial charge < -0.3 is 15.0 Å². The van der Waals surface area contributed by atoms with Crippen molar-refractivity contribution in [1.29, 1.82) is 0 Å². The number of hydrogen-bond acceptors (Lipinski definition) is 4. The summed E-state index contributed by atoms with van der Waals surface area (Å²) in [5.41, 5.74) is 2.18. The number of likely N-dealkylation sites (tertiary alicyclic amines) is 1. The maximum atomic E-state index is 12.7. The summed E-state index contributed by atoms with van der Waals surface area (Å²) in [6.07, 6.45) is 5.05. The van der Waals surface area contributed by atoms with Crippen molar-refractivity contribution in [1.82, 2.24) is 15.2 Å². The number of nitrogens with one attached hydrogen (secondary N) is 1. The molecular formula is C22H25N3O3. The fourth-order valence-electron chi connectivity index (χ4n) is 4.21. The Labute approximate surface area is 164 Å². The van der Waals surface area contributed by atoms with Gasteiger partial charge in [-0.25, -0.2) is 0 Å². The highest BCUT2D eigenvalue weighted by Gasteiger charge is 2.54. The number of amides is 2. The molecule has 0 saturated carbocycles. The van der Waals surface area contributed by atoms with Crippen molar-refractivity contribution in [2.45, 2.75) is 25.4 Å². The molecule has 146 valence electrons. The van der Waals surface area contributed by atoms with E-state index in [1.54, 1.807) is 24.5 Å². The molecule has 0 aliphatic carbocycles. The van der Waals surface area contributed by atoms with Gasteiger partial charge in [0.2, 0.25) is 0 Å². The van der Waals surface area contributed by atoms with E-state index in [1.807, 2.05) is 36.1 Å². The van der Waals surface area contributed by atoms with E-state index in [2.05, 4.69) is 10.3 Å². The molecule has 2 aromatic rings. The zero-order valence-corrected chi connectivity index (χ0v) is 16.1. The molecule has 1 atom stereocenters. The van der Waals surface area contributed by atoms with Gasteiger partial charge in [0, 0.05) is 36.7 Å². The molecule has 2 aliphatic rings. The van der Waals surface area contributed by atoms with Crippen LogP contribution in [-0.2, 0) is 4.74 Å². The Hall–Kier alpha value is -2.73. The highest BCUT2D eigenvalue weighted by atomic mass is 16.5. The zero-order chi connectivity index (χ0) is 19.6. The first kappa shape index (κ1) is 18.6. The number of aromatic nitrogens is 1. The molecule has 6 nitrogen and oxygen atoms in total. The first-order valence-electron chi connectivity index (χ1n) is 9.75. The van der Waals surface area contributed by atoms with Crippen LogP contribution in [0.5, 0.6) is 0 Å². The van der Waals surface area contributed by atoms with E-state index in [9.17, 15) is 9.59 Å². The van der Waals surface area contributed by atoms with Crippen molar-refractivity contribution >= 4 is 11.8 Å². The van der Waals surface area contributed by atoms with Crippen LogP contribution >= 0.6 is 0 Å². The summed E-state index contributed by atoms with van der Waals surface area (Å²) < 4.78 is 6.06. The molecular weight excluding hydrogens is 354 g/mol. The highest BCUT2D eigenvalue weighted by molar-refractivity contribution is 5.95. The Kier molecular flexibility index (Phi) is 5.13. The Morgan fingerprint density at radius 3 is 2.75 bits per heavy atom. The third kappa shape index (κ3) is 3.64. The highest BCUT2D eigenvalue weighted by Crippen LogP contribution is 2.42. The lowest BCUT2D eigenvalue weighted by atomic mass is 9.78. The molecule has 1 unspecified atom stereocenters. The smallest absolute Gasteiger partial charge is 0.254 e. The van der Waals surface area contributed by atoms with Crippen LogP contribution in [0.25, 0.3) is 0 Å². The van der Waals surface area contributed by atoms with Gasteiger partial charge in [-0.2, -0.15) is 0 Å². The van der Waals surface area contributed by atoms with Crippen LogP contribution in [0.3, 0.4) is 0 Å². The van der Waals surface area contributed by atoms with E-state index in [-0.39, 0.29) is 17.4 Å². The third-order valence-corrected chi connectivity index (χ3v) is 5.79. The Bertz CT molecular complexity index is 862. The van der Waals surface area contributed by atoms with E-state index >= 15 is 0 Å². The van der Waals surface area contributed by atoms with Crippen molar-refractivity contribution in [3.05, 3.63) is 65.5 Å². The lowest BCUT2D eigenvalue weighted by molar-refractivity contribution is -0.117. The summed E-state index contributed by atoms with van der Waals surface area (Å²) in [6.45, 7) is 4.56. The molecule has 4 rings (SSSR count). The fourth-order valence-corrected chi connectivity index (χ4v) is 4.21. The first-order valence-corrected chi connectivity index (χ1v) is 9.75. The molecule has 0 bridgehead atoms. The molecule has 1 spiro atoms. The number of rotatable bonds is 5. The molecule has 6 heteroatoms. The Balaban J connectivity index is 1.30. The minimum atomic E-state index is -0.249. The van der Waals surface area contributed by atoms with Gasteiger partial charge in [0.1, 0.15) is 5.60 Å². The number of aryl methyl sites for hydroxylation is 1. The van der Waals surface area contributed by atoms with Crippen LogP contribution in [0.15, 0.2) is 48.8 Å². The monoisotopic (exact) mass is 379 g/mol. The third-order valence-electron chi connectivity index (χ3n) is 5.79. The predicted octanol–water partition coefficient (Wildman–Crippen LogP) is 2.44. The molecule has 2 fully saturated rings. The molecule has 2 aliphatic heterocycles. The van der Waals surface area contributed by atoms with Crippen molar-refractivity contribution in [2.24, 2.45) is 5.92 Å². The first-order chi connectivity index (χ1) is 13.6. The summed E-state index contributed by atoms with van der Waals surface area (Å²) in [5.74, 6) is 0.335. The second-order valence-corrected chi connectivity index (χ2v) is 7.71. The average molecular weight is 379 g/mol. The summed E-state index contributed by atoms with van der Waals surface area (Å²) in [6, 6.07) is 11.1. The number of carbonyl (C=O) groups is 2. The van der Waals surface area contributed by atoms with Crippen molar-refractivity contribution < 1.29 is 14.3 Å². The molecule has 28 heavy (non-hydrogen) atoms. The van der Waals surface area contributed by atoms with Crippen LogP contribution < -0.4 is 5.32 Å². The van der Waals surface area contributed by atoms with Crippen molar-refractivity contribution in [3.8, 4) is 0 Å². The zero-order valence-electron chi connectivity index (χ0n) is 16.1. The summed E-state index contributed by atoms with van der Waals surface area (Å²) >= 11 is 0. The molecule has 3 heterocycles. The molecule has 0 radical (unpaired) electrons. The van der Waals surface area contributed by atoms with Gasteiger partial charge in [-0.3, -0.25) is 14.6 Å². The maximum absolute atomic E-state index is 12.7. The summed E-state index contributed by atoms with van der Waals surface area (Å²) in [5, 5.41) is 2.98. The fraction of sp³-hybridized carbons (Fsp3) is 0.409. The molecule has 2 saturated heterocycles. The number of ether oxygens (including phenoxy) is 1. The standard InChI is InChI=1S/C22H25N3O3/c1-16-3-2-4-18(13-16)21(27)25-14-22(15-25)19(8-12-28-22)7-11-24-20(26)17-5-9-23-10-6-17/h2-6,9-10,13,19H,7-8,11-12,14-15H2,1H3,(H,24,26). The lowest BCUT2D eigenvalue weighted by Gasteiger charge is -2.50. The van der Waals surface area contributed by atoms with E-state index < -0.39 is 0 Å². The average Bonchev–Trinajstić information content (AvgIpc) is 3.11. The Morgan fingerprint density at radius 2 is 2.00 bits per heavy atom. The van der Waals surface area contributed by atoms with Gasteiger partial charge >= 0.3 is 0 Å². The van der Waals surface area contributed by atoms with Gasteiger partial charge in [-0.15, -0.1) is 0 Å². The number of carbonyl (C=O) groups excluding carboxylic acids is 2. The minimum absolute atomic E-state index is 0.0644. The van der Waals surface area contributed by atoms with E-state index in [0.29, 0.717) is 31.1 Å².